The first kappa shape index (κ1) is 16.9. The standard InChI is InChI=1S/C14H21ClN2O3/c1-10(14(16)19)17(2)7-12(18)9-20-8-11-5-3-4-6-13(11)15/h3-6,10,12,18H,7-9H2,1-2H3,(H2,16,19)/t10-,12?/m1/s1. The van der Waals surface area contributed by atoms with Gasteiger partial charge in [-0.05, 0) is 25.6 Å². The number of aliphatic hydroxyl groups excluding tert-OH is 1. The van der Waals surface area contributed by atoms with Crippen LogP contribution in [0.25, 0.3) is 0 Å². The smallest absolute Gasteiger partial charge is 0.234 e. The van der Waals surface area contributed by atoms with Crippen LogP contribution in [-0.2, 0) is 16.1 Å². The van der Waals surface area contributed by atoms with Crippen LogP contribution in [0, 0.1) is 0 Å². The van der Waals surface area contributed by atoms with Gasteiger partial charge in [0.25, 0.3) is 0 Å². The van der Waals surface area contributed by atoms with Gasteiger partial charge in [-0.25, -0.2) is 0 Å². The van der Waals surface area contributed by atoms with E-state index in [-0.39, 0.29) is 6.61 Å². The van der Waals surface area contributed by atoms with Crippen LogP contribution in [0.3, 0.4) is 0 Å². The average molecular weight is 301 g/mol. The highest BCUT2D eigenvalue weighted by molar-refractivity contribution is 6.31. The topological polar surface area (TPSA) is 75.8 Å². The summed E-state index contributed by atoms with van der Waals surface area (Å²) in [5.41, 5.74) is 6.07. The van der Waals surface area contributed by atoms with Gasteiger partial charge < -0.3 is 15.6 Å². The number of likely N-dealkylation sites (N-methyl/N-ethyl adjacent to an activating group) is 1. The molecule has 1 aromatic rings. The number of hydrogen-bond donors (Lipinski definition) is 2. The molecule has 112 valence electrons. The van der Waals surface area contributed by atoms with Crippen molar-refractivity contribution >= 4 is 17.5 Å². The summed E-state index contributed by atoms with van der Waals surface area (Å²) >= 11 is 6.00. The van der Waals surface area contributed by atoms with E-state index in [0.29, 0.717) is 18.2 Å². The molecule has 0 aromatic heterocycles. The van der Waals surface area contributed by atoms with E-state index in [4.69, 9.17) is 22.1 Å². The lowest BCUT2D eigenvalue weighted by Gasteiger charge is -2.24. The lowest BCUT2D eigenvalue weighted by Crippen LogP contribution is -2.44. The van der Waals surface area contributed by atoms with Crippen LogP contribution in [0.15, 0.2) is 24.3 Å². The van der Waals surface area contributed by atoms with Gasteiger partial charge in [-0.3, -0.25) is 9.69 Å². The number of aliphatic hydroxyl groups is 1. The molecule has 0 aliphatic rings. The quantitative estimate of drug-likeness (QED) is 0.752. The molecule has 5 nitrogen and oxygen atoms in total. The lowest BCUT2D eigenvalue weighted by atomic mass is 10.2. The van der Waals surface area contributed by atoms with Gasteiger partial charge in [-0.1, -0.05) is 29.8 Å². The monoisotopic (exact) mass is 300 g/mol. The van der Waals surface area contributed by atoms with Gasteiger partial charge in [0, 0.05) is 11.6 Å². The summed E-state index contributed by atoms with van der Waals surface area (Å²) in [5.74, 6) is -0.420. The molecular formula is C14H21ClN2O3. The zero-order valence-corrected chi connectivity index (χ0v) is 12.5. The summed E-state index contributed by atoms with van der Waals surface area (Å²) < 4.78 is 5.43. The molecule has 0 bridgehead atoms. The molecule has 6 heteroatoms. The Balaban J connectivity index is 2.32. The predicted molar refractivity (Wildman–Crippen MR) is 78.4 cm³/mol. The second-order valence-corrected chi connectivity index (χ2v) is 5.19. The van der Waals surface area contributed by atoms with Crippen molar-refractivity contribution in [2.75, 3.05) is 20.2 Å². The molecule has 3 N–H and O–H groups in total. The third-order valence-electron chi connectivity index (χ3n) is 3.10. The fourth-order valence-corrected chi connectivity index (χ4v) is 1.87. The normalized spacial score (nSPS) is 14.2. The summed E-state index contributed by atoms with van der Waals surface area (Å²) in [6, 6.07) is 6.97. The van der Waals surface area contributed by atoms with Crippen molar-refractivity contribution in [1.29, 1.82) is 0 Å². The molecule has 1 rings (SSSR count). The number of benzene rings is 1. The fraction of sp³-hybridized carbons (Fsp3) is 0.500. The van der Waals surface area contributed by atoms with Crippen molar-refractivity contribution in [3.63, 3.8) is 0 Å². The Labute approximate surface area is 124 Å². The minimum atomic E-state index is -0.690. The van der Waals surface area contributed by atoms with E-state index in [1.165, 1.54) is 0 Å². The number of carbonyl (C=O) groups is 1. The second kappa shape index (κ2) is 8.21. The number of amides is 1. The first-order valence-corrected chi connectivity index (χ1v) is 6.78. The molecule has 0 radical (unpaired) electrons. The Morgan fingerprint density at radius 2 is 2.15 bits per heavy atom. The SMILES string of the molecule is C[C@H](C(N)=O)N(C)CC(O)COCc1ccccc1Cl. The van der Waals surface area contributed by atoms with Crippen molar-refractivity contribution in [2.24, 2.45) is 5.73 Å². The third-order valence-corrected chi connectivity index (χ3v) is 3.47. The number of hydrogen-bond acceptors (Lipinski definition) is 4. The molecule has 1 unspecified atom stereocenters. The summed E-state index contributed by atoms with van der Waals surface area (Å²) in [6.45, 7) is 2.51. The number of primary amides is 1. The molecule has 0 fully saturated rings. The Morgan fingerprint density at radius 1 is 1.50 bits per heavy atom. The van der Waals surface area contributed by atoms with Crippen molar-refractivity contribution < 1.29 is 14.6 Å². The van der Waals surface area contributed by atoms with E-state index in [1.54, 1.807) is 24.9 Å². The third kappa shape index (κ3) is 5.46. The van der Waals surface area contributed by atoms with Crippen LogP contribution in [0.1, 0.15) is 12.5 Å². The van der Waals surface area contributed by atoms with Gasteiger partial charge in [-0.2, -0.15) is 0 Å². The number of nitrogens with two attached hydrogens (primary N) is 1. The number of ether oxygens (including phenoxy) is 1. The Hall–Kier alpha value is -1.14. The minimum absolute atomic E-state index is 0.168. The van der Waals surface area contributed by atoms with Crippen LogP contribution in [0.4, 0.5) is 0 Å². The van der Waals surface area contributed by atoms with Crippen LogP contribution >= 0.6 is 11.6 Å². The van der Waals surface area contributed by atoms with E-state index in [2.05, 4.69) is 0 Å². The molecule has 0 spiro atoms. The predicted octanol–water partition coefficient (Wildman–Crippen LogP) is 1.02. The van der Waals surface area contributed by atoms with Crippen molar-refractivity contribution in [3.8, 4) is 0 Å². The molecule has 1 amide bonds. The first-order chi connectivity index (χ1) is 9.41. The number of rotatable bonds is 8. The molecule has 0 saturated carbocycles. The summed E-state index contributed by atoms with van der Waals surface area (Å²) in [7, 11) is 1.73. The summed E-state index contributed by atoms with van der Waals surface area (Å²) in [4.78, 5) is 12.7. The number of halogens is 1. The van der Waals surface area contributed by atoms with Crippen molar-refractivity contribution in [3.05, 3.63) is 34.9 Å². The van der Waals surface area contributed by atoms with E-state index in [0.717, 1.165) is 5.56 Å². The van der Waals surface area contributed by atoms with Crippen molar-refractivity contribution in [1.82, 2.24) is 4.90 Å². The maximum atomic E-state index is 11.0. The zero-order valence-electron chi connectivity index (χ0n) is 11.8. The zero-order chi connectivity index (χ0) is 15.1. The van der Waals surface area contributed by atoms with Crippen LogP contribution in [0.5, 0.6) is 0 Å². The van der Waals surface area contributed by atoms with Crippen molar-refractivity contribution in [2.45, 2.75) is 25.7 Å². The Morgan fingerprint density at radius 3 is 2.75 bits per heavy atom. The highest BCUT2D eigenvalue weighted by Gasteiger charge is 2.17. The second-order valence-electron chi connectivity index (χ2n) is 4.78. The maximum Gasteiger partial charge on any atom is 0.234 e. The lowest BCUT2D eigenvalue weighted by molar-refractivity contribution is -0.122. The molecule has 2 atom stereocenters. The van der Waals surface area contributed by atoms with Gasteiger partial charge in [0.05, 0.1) is 25.4 Å². The first-order valence-electron chi connectivity index (χ1n) is 6.40. The van der Waals surface area contributed by atoms with Crippen LogP contribution in [-0.4, -0.2) is 48.3 Å². The Kier molecular flexibility index (Phi) is 6.95. The number of carbonyl (C=O) groups excluding carboxylic acids is 1. The van der Waals surface area contributed by atoms with E-state index in [9.17, 15) is 9.90 Å². The summed E-state index contributed by atoms with van der Waals surface area (Å²) in [6.07, 6.45) is -0.690. The van der Waals surface area contributed by atoms with E-state index in [1.807, 2.05) is 18.2 Å². The summed E-state index contributed by atoms with van der Waals surface area (Å²) in [5, 5.41) is 10.5. The molecule has 20 heavy (non-hydrogen) atoms. The van der Waals surface area contributed by atoms with Crippen LogP contribution in [0.2, 0.25) is 5.02 Å². The molecule has 0 aliphatic carbocycles. The molecule has 0 heterocycles. The van der Waals surface area contributed by atoms with Gasteiger partial charge in [-0.15, -0.1) is 0 Å². The number of nitrogens with zero attached hydrogens (tertiary/aromatic N) is 1. The highest BCUT2D eigenvalue weighted by Crippen LogP contribution is 2.15. The maximum absolute atomic E-state index is 11.0. The van der Waals surface area contributed by atoms with E-state index >= 15 is 0 Å². The Bertz CT molecular complexity index is 442. The molecule has 0 aliphatic heterocycles. The highest BCUT2D eigenvalue weighted by atomic mass is 35.5. The minimum Gasteiger partial charge on any atom is -0.389 e. The molecule has 0 saturated heterocycles. The van der Waals surface area contributed by atoms with Gasteiger partial charge in [0.1, 0.15) is 0 Å². The van der Waals surface area contributed by atoms with E-state index < -0.39 is 18.1 Å². The molecule has 1 aromatic carbocycles. The van der Waals surface area contributed by atoms with Gasteiger partial charge >= 0.3 is 0 Å². The van der Waals surface area contributed by atoms with Gasteiger partial charge in [0.2, 0.25) is 5.91 Å². The van der Waals surface area contributed by atoms with Gasteiger partial charge in [0.15, 0.2) is 0 Å². The largest absolute Gasteiger partial charge is 0.389 e. The fourth-order valence-electron chi connectivity index (χ4n) is 1.68. The van der Waals surface area contributed by atoms with Crippen LogP contribution < -0.4 is 5.73 Å². The molecular weight excluding hydrogens is 280 g/mol. The average Bonchev–Trinajstić information content (AvgIpc) is 2.39.